The van der Waals surface area contributed by atoms with Gasteiger partial charge in [0, 0.05) is 25.7 Å². The molecule has 1 heterocycles. The highest BCUT2D eigenvalue weighted by molar-refractivity contribution is 5.91. The highest BCUT2D eigenvalue weighted by Gasteiger charge is 2.30. The van der Waals surface area contributed by atoms with Crippen molar-refractivity contribution in [2.24, 2.45) is 5.92 Å². The first kappa shape index (κ1) is 17.5. The van der Waals surface area contributed by atoms with Crippen molar-refractivity contribution >= 4 is 12.0 Å². The average molecular weight is 326 g/mol. The SMILES string of the molecule is CN(C)CC1CCN(C(=O)/C=C/c2ccc(C(F)(F)F)cc2)C1. The van der Waals surface area contributed by atoms with Gasteiger partial charge in [-0.2, -0.15) is 13.2 Å². The second kappa shape index (κ2) is 7.17. The maximum Gasteiger partial charge on any atom is 0.416 e. The molecule has 1 unspecified atom stereocenters. The number of hydrogen-bond donors (Lipinski definition) is 0. The van der Waals surface area contributed by atoms with E-state index < -0.39 is 11.7 Å². The number of amides is 1. The van der Waals surface area contributed by atoms with E-state index in [0.29, 0.717) is 11.5 Å². The molecule has 0 saturated carbocycles. The first-order valence-corrected chi connectivity index (χ1v) is 7.54. The lowest BCUT2D eigenvalue weighted by Gasteiger charge is -2.17. The Bertz CT molecular complexity index is 564. The van der Waals surface area contributed by atoms with Crippen molar-refractivity contribution in [3.63, 3.8) is 0 Å². The van der Waals surface area contributed by atoms with Gasteiger partial charge in [0.2, 0.25) is 5.91 Å². The molecule has 2 rings (SSSR count). The van der Waals surface area contributed by atoms with Gasteiger partial charge in [-0.1, -0.05) is 12.1 Å². The molecule has 23 heavy (non-hydrogen) atoms. The van der Waals surface area contributed by atoms with Crippen LogP contribution in [0.2, 0.25) is 0 Å². The minimum Gasteiger partial charge on any atom is -0.339 e. The van der Waals surface area contributed by atoms with Gasteiger partial charge in [0.05, 0.1) is 5.56 Å². The molecule has 0 spiro atoms. The molecule has 0 aromatic heterocycles. The molecule has 0 aliphatic carbocycles. The van der Waals surface area contributed by atoms with Gasteiger partial charge < -0.3 is 9.80 Å². The van der Waals surface area contributed by atoms with Crippen molar-refractivity contribution in [3.8, 4) is 0 Å². The van der Waals surface area contributed by atoms with Crippen LogP contribution in [-0.2, 0) is 11.0 Å². The molecular formula is C17H21F3N2O. The third kappa shape index (κ3) is 5.10. The lowest BCUT2D eigenvalue weighted by Crippen LogP contribution is -2.29. The Morgan fingerprint density at radius 3 is 2.52 bits per heavy atom. The van der Waals surface area contributed by atoms with Crippen LogP contribution in [0.3, 0.4) is 0 Å². The van der Waals surface area contributed by atoms with Crippen LogP contribution in [0, 0.1) is 5.92 Å². The molecule has 1 aromatic carbocycles. The Morgan fingerprint density at radius 2 is 1.96 bits per heavy atom. The number of carbonyl (C=O) groups is 1. The highest BCUT2D eigenvalue weighted by atomic mass is 19.4. The number of carbonyl (C=O) groups excluding carboxylic acids is 1. The summed E-state index contributed by atoms with van der Waals surface area (Å²) < 4.78 is 37.4. The van der Waals surface area contributed by atoms with Crippen LogP contribution in [0.4, 0.5) is 13.2 Å². The molecule has 1 aliphatic heterocycles. The molecule has 0 N–H and O–H groups in total. The highest BCUT2D eigenvalue weighted by Crippen LogP contribution is 2.29. The van der Waals surface area contributed by atoms with Gasteiger partial charge >= 0.3 is 6.18 Å². The molecule has 1 amide bonds. The van der Waals surface area contributed by atoms with Crippen LogP contribution in [0.15, 0.2) is 30.3 Å². The van der Waals surface area contributed by atoms with Gasteiger partial charge in [-0.15, -0.1) is 0 Å². The molecule has 0 radical (unpaired) electrons. The van der Waals surface area contributed by atoms with Crippen molar-refractivity contribution < 1.29 is 18.0 Å². The summed E-state index contributed by atoms with van der Waals surface area (Å²) >= 11 is 0. The number of rotatable bonds is 4. The molecule has 1 aromatic rings. The number of benzene rings is 1. The quantitative estimate of drug-likeness (QED) is 0.794. The van der Waals surface area contributed by atoms with E-state index in [2.05, 4.69) is 4.90 Å². The zero-order chi connectivity index (χ0) is 17.0. The normalized spacial score (nSPS) is 19.0. The van der Waals surface area contributed by atoms with Gasteiger partial charge in [0.15, 0.2) is 0 Å². The molecule has 1 saturated heterocycles. The summed E-state index contributed by atoms with van der Waals surface area (Å²) in [5.41, 5.74) is -0.109. The standard InChI is InChI=1S/C17H21F3N2O/c1-21(2)11-14-9-10-22(12-14)16(23)8-5-13-3-6-15(7-4-13)17(18,19)20/h3-8,14H,9-12H2,1-2H3/b8-5+. The molecule has 126 valence electrons. The summed E-state index contributed by atoms with van der Waals surface area (Å²) in [5, 5.41) is 0. The number of hydrogen-bond acceptors (Lipinski definition) is 2. The number of alkyl halides is 3. The first-order chi connectivity index (χ1) is 10.8. The van der Waals surface area contributed by atoms with Crippen molar-refractivity contribution in [1.82, 2.24) is 9.80 Å². The van der Waals surface area contributed by atoms with Crippen LogP contribution < -0.4 is 0 Å². The van der Waals surface area contributed by atoms with E-state index in [9.17, 15) is 18.0 Å². The van der Waals surface area contributed by atoms with Crippen LogP contribution in [0.1, 0.15) is 17.5 Å². The Balaban J connectivity index is 1.91. The average Bonchev–Trinajstić information content (AvgIpc) is 2.92. The summed E-state index contributed by atoms with van der Waals surface area (Å²) in [4.78, 5) is 16.0. The van der Waals surface area contributed by atoms with Crippen LogP contribution in [0.5, 0.6) is 0 Å². The van der Waals surface area contributed by atoms with Crippen LogP contribution in [-0.4, -0.2) is 49.4 Å². The maximum atomic E-state index is 12.5. The van der Waals surface area contributed by atoms with Gasteiger partial charge in [-0.25, -0.2) is 0 Å². The Morgan fingerprint density at radius 1 is 1.30 bits per heavy atom. The van der Waals surface area contributed by atoms with Crippen molar-refractivity contribution in [1.29, 1.82) is 0 Å². The largest absolute Gasteiger partial charge is 0.416 e. The predicted octanol–water partition coefficient (Wildman–Crippen LogP) is 3.13. The number of halogens is 3. The maximum absolute atomic E-state index is 12.5. The molecule has 0 bridgehead atoms. The fraction of sp³-hybridized carbons (Fsp3) is 0.471. The molecular weight excluding hydrogens is 305 g/mol. The Hall–Kier alpha value is -1.82. The monoisotopic (exact) mass is 326 g/mol. The fourth-order valence-electron chi connectivity index (χ4n) is 2.75. The molecule has 1 aliphatic rings. The summed E-state index contributed by atoms with van der Waals surface area (Å²) in [6.45, 7) is 2.41. The van der Waals surface area contributed by atoms with E-state index in [1.54, 1.807) is 11.0 Å². The Kier molecular flexibility index (Phi) is 5.46. The van der Waals surface area contributed by atoms with Crippen molar-refractivity contribution in [3.05, 3.63) is 41.5 Å². The minimum absolute atomic E-state index is 0.0915. The summed E-state index contributed by atoms with van der Waals surface area (Å²) in [6, 6.07) is 4.77. The fourth-order valence-corrected chi connectivity index (χ4v) is 2.75. The topological polar surface area (TPSA) is 23.6 Å². The van der Waals surface area contributed by atoms with E-state index >= 15 is 0 Å². The van der Waals surface area contributed by atoms with E-state index in [4.69, 9.17) is 0 Å². The lowest BCUT2D eigenvalue weighted by atomic mass is 10.1. The number of likely N-dealkylation sites (tertiary alicyclic amines) is 1. The van der Waals surface area contributed by atoms with E-state index in [-0.39, 0.29) is 5.91 Å². The zero-order valence-electron chi connectivity index (χ0n) is 13.3. The van der Waals surface area contributed by atoms with E-state index in [1.807, 2.05) is 14.1 Å². The third-order valence-corrected chi connectivity index (χ3v) is 3.88. The van der Waals surface area contributed by atoms with Crippen molar-refractivity contribution in [2.75, 3.05) is 33.7 Å². The van der Waals surface area contributed by atoms with Crippen LogP contribution >= 0.6 is 0 Å². The van der Waals surface area contributed by atoms with E-state index in [1.165, 1.54) is 18.2 Å². The summed E-state index contributed by atoms with van der Waals surface area (Å²) in [6.07, 6.45) is -0.366. The van der Waals surface area contributed by atoms with Gasteiger partial charge in [-0.3, -0.25) is 4.79 Å². The summed E-state index contributed by atoms with van der Waals surface area (Å²) in [7, 11) is 4.02. The second-order valence-electron chi connectivity index (χ2n) is 6.15. The van der Waals surface area contributed by atoms with Gasteiger partial charge in [-0.05, 0) is 50.2 Å². The summed E-state index contributed by atoms with van der Waals surface area (Å²) in [5.74, 6) is 0.388. The lowest BCUT2D eigenvalue weighted by molar-refractivity contribution is -0.137. The molecule has 3 nitrogen and oxygen atoms in total. The Labute approximate surface area is 134 Å². The minimum atomic E-state index is -4.34. The van der Waals surface area contributed by atoms with Gasteiger partial charge in [0.1, 0.15) is 0 Å². The molecule has 1 fully saturated rings. The third-order valence-electron chi connectivity index (χ3n) is 3.88. The molecule has 1 atom stereocenters. The van der Waals surface area contributed by atoms with Gasteiger partial charge in [0.25, 0.3) is 0 Å². The van der Waals surface area contributed by atoms with Crippen LogP contribution in [0.25, 0.3) is 6.08 Å². The first-order valence-electron chi connectivity index (χ1n) is 7.54. The molecule has 6 heteroatoms. The number of nitrogens with zero attached hydrogens (tertiary/aromatic N) is 2. The van der Waals surface area contributed by atoms with Crippen molar-refractivity contribution in [2.45, 2.75) is 12.6 Å². The smallest absolute Gasteiger partial charge is 0.339 e. The predicted molar refractivity (Wildman–Crippen MR) is 83.7 cm³/mol. The van der Waals surface area contributed by atoms with E-state index in [0.717, 1.165) is 38.2 Å². The second-order valence-corrected chi connectivity index (χ2v) is 6.15. The zero-order valence-corrected chi connectivity index (χ0v) is 13.3.